The predicted molar refractivity (Wildman–Crippen MR) is 88.9 cm³/mol. The van der Waals surface area contributed by atoms with Crippen LogP contribution in [-0.2, 0) is 20.7 Å². The summed E-state index contributed by atoms with van der Waals surface area (Å²) in [6.45, 7) is 1.82. The molecule has 1 unspecified atom stereocenters. The first-order valence-corrected chi connectivity index (χ1v) is 7.59. The third kappa shape index (κ3) is 4.68. The molecule has 0 spiro atoms. The number of carbonyl (C=O) groups is 2. The van der Waals surface area contributed by atoms with Gasteiger partial charge in [-0.25, -0.2) is 4.79 Å². The molecule has 0 radical (unpaired) electrons. The molecule has 0 saturated carbocycles. The van der Waals surface area contributed by atoms with Crippen LogP contribution in [0.15, 0.2) is 60.7 Å². The van der Waals surface area contributed by atoms with Crippen LogP contribution in [0.3, 0.4) is 0 Å². The van der Waals surface area contributed by atoms with Crippen LogP contribution in [0.1, 0.15) is 24.0 Å². The number of carbonyl (C=O) groups excluding carboxylic acids is 2. The van der Waals surface area contributed by atoms with Gasteiger partial charge in [-0.2, -0.15) is 0 Å². The first-order chi connectivity index (χ1) is 11.1. The monoisotopic (exact) mass is 311 g/mol. The lowest BCUT2D eigenvalue weighted by molar-refractivity contribution is -0.145. The standard InChI is InChI=1S/C19H21NO3/c1-14(16-11-7-4-8-12-16)18(21)20-17(19(22)23-2)13-15-9-5-3-6-10-15/h3-12,14,17H,13H2,1-2H3,(H,20,21)/t14-,17?/m1/s1. The molecule has 0 aromatic heterocycles. The highest BCUT2D eigenvalue weighted by molar-refractivity contribution is 5.88. The average molecular weight is 311 g/mol. The smallest absolute Gasteiger partial charge is 0.328 e. The molecule has 0 aliphatic rings. The van der Waals surface area contributed by atoms with Gasteiger partial charge in [-0.1, -0.05) is 60.7 Å². The molecule has 4 heteroatoms. The van der Waals surface area contributed by atoms with Crippen LogP contribution in [0.4, 0.5) is 0 Å². The van der Waals surface area contributed by atoms with Crippen molar-refractivity contribution in [3.05, 3.63) is 71.8 Å². The maximum atomic E-state index is 12.4. The fourth-order valence-electron chi connectivity index (χ4n) is 2.38. The highest BCUT2D eigenvalue weighted by atomic mass is 16.5. The quantitative estimate of drug-likeness (QED) is 0.835. The van der Waals surface area contributed by atoms with Gasteiger partial charge in [0, 0.05) is 6.42 Å². The molecule has 0 fully saturated rings. The first kappa shape index (κ1) is 16.7. The Kier molecular flexibility index (Phi) is 5.92. The summed E-state index contributed by atoms with van der Waals surface area (Å²) in [4.78, 5) is 24.4. The number of esters is 1. The normalized spacial score (nSPS) is 13.0. The second-order valence-corrected chi connectivity index (χ2v) is 5.41. The zero-order valence-electron chi connectivity index (χ0n) is 13.4. The van der Waals surface area contributed by atoms with E-state index in [0.29, 0.717) is 6.42 Å². The Morgan fingerprint density at radius 3 is 2.13 bits per heavy atom. The number of rotatable bonds is 6. The van der Waals surface area contributed by atoms with Gasteiger partial charge < -0.3 is 10.1 Å². The van der Waals surface area contributed by atoms with Crippen molar-refractivity contribution in [2.75, 3.05) is 7.11 Å². The zero-order chi connectivity index (χ0) is 16.7. The Morgan fingerprint density at radius 1 is 1.00 bits per heavy atom. The summed E-state index contributed by atoms with van der Waals surface area (Å²) in [6.07, 6.45) is 0.404. The van der Waals surface area contributed by atoms with Gasteiger partial charge in [0.15, 0.2) is 0 Å². The molecule has 2 aromatic carbocycles. The van der Waals surface area contributed by atoms with Crippen molar-refractivity contribution < 1.29 is 14.3 Å². The first-order valence-electron chi connectivity index (χ1n) is 7.59. The number of amides is 1. The van der Waals surface area contributed by atoms with Crippen molar-refractivity contribution in [2.24, 2.45) is 0 Å². The minimum absolute atomic E-state index is 0.192. The highest BCUT2D eigenvalue weighted by Gasteiger charge is 2.25. The minimum Gasteiger partial charge on any atom is -0.467 e. The van der Waals surface area contributed by atoms with Crippen molar-refractivity contribution in [2.45, 2.75) is 25.3 Å². The molecular weight excluding hydrogens is 290 g/mol. The Morgan fingerprint density at radius 2 is 1.57 bits per heavy atom. The second kappa shape index (κ2) is 8.13. The van der Waals surface area contributed by atoms with Crippen molar-refractivity contribution in [3.8, 4) is 0 Å². The van der Waals surface area contributed by atoms with Crippen LogP contribution in [0.25, 0.3) is 0 Å². The Labute approximate surface area is 136 Å². The number of benzene rings is 2. The maximum Gasteiger partial charge on any atom is 0.328 e. The van der Waals surface area contributed by atoms with Crippen LogP contribution < -0.4 is 5.32 Å². The summed E-state index contributed by atoms with van der Waals surface area (Å²) in [5.74, 6) is -0.968. The van der Waals surface area contributed by atoms with Gasteiger partial charge in [0.05, 0.1) is 13.0 Å². The molecule has 0 aliphatic heterocycles. The van der Waals surface area contributed by atoms with Gasteiger partial charge >= 0.3 is 5.97 Å². The van der Waals surface area contributed by atoms with Gasteiger partial charge in [0.25, 0.3) is 0 Å². The van der Waals surface area contributed by atoms with E-state index in [0.717, 1.165) is 11.1 Å². The van der Waals surface area contributed by atoms with Crippen LogP contribution in [0, 0.1) is 0 Å². The molecule has 2 aromatic rings. The molecule has 0 heterocycles. The van der Waals surface area contributed by atoms with Crippen molar-refractivity contribution >= 4 is 11.9 Å². The van der Waals surface area contributed by atoms with Gasteiger partial charge in [0.2, 0.25) is 5.91 Å². The summed E-state index contributed by atoms with van der Waals surface area (Å²) in [5.41, 5.74) is 1.88. The molecule has 1 N–H and O–H groups in total. The Bertz CT molecular complexity index is 640. The van der Waals surface area contributed by atoms with Gasteiger partial charge in [-0.3, -0.25) is 4.79 Å². The molecule has 2 rings (SSSR count). The van der Waals surface area contributed by atoms with Crippen LogP contribution in [-0.4, -0.2) is 25.0 Å². The topological polar surface area (TPSA) is 55.4 Å². The van der Waals surface area contributed by atoms with Crippen LogP contribution in [0.5, 0.6) is 0 Å². The van der Waals surface area contributed by atoms with E-state index < -0.39 is 12.0 Å². The fourth-order valence-corrected chi connectivity index (χ4v) is 2.38. The molecule has 1 amide bonds. The predicted octanol–water partition coefficient (Wildman–Crippen LogP) is 2.69. The van der Waals surface area contributed by atoms with E-state index in [2.05, 4.69) is 5.32 Å². The minimum atomic E-state index is -0.693. The van der Waals surface area contributed by atoms with Crippen LogP contribution >= 0.6 is 0 Å². The summed E-state index contributed by atoms with van der Waals surface area (Å²) in [6, 6.07) is 18.3. The van der Waals surface area contributed by atoms with Gasteiger partial charge in [-0.05, 0) is 18.1 Å². The molecule has 120 valence electrons. The summed E-state index contributed by atoms with van der Waals surface area (Å²) < 4.78 is 4.82. The zero-order valence-corrected chi connectivity index (χ0v) is 13.4. The molecule has 0 bridgehead atoms. The lowest BCUT2D eigenvalue weighted by Gasteiger charge is -2.19. The van der Waals surface area contributed by atoms with Gasteiger partial charge in [-0.15, -0.1) is 0 Å². The van der Waals surface area contributed by atoms with E-state index in [1.165, 1.54) is 7.11 Å². The van der Waals surface area contributed by atoms with E-state index in [1.54, 1.807) is 0 Å². The lowest BCUT2D eigenvalue weighted by Crippen LogP contribution is -2.44. The number of ether oxygens (including phenoxy) is 1. The summed E-state index contributed by atoms with van der Waals surface area (Å²) in [5, 5.41) is 2.80. The molecule has 2 atom stereocenters. The average Bonchev–Trinajstić information content (AvgIpc) is 2.61. The number of hydrogen-bond acceptors (Lipinski definition) is 3. The van der Waals surface area contributed by atoms with Crippen LogP contribution in [0.2, 0.25) is 0 Å². The number of methoxy groups -OCH3 is 1. The molecule has 23 heavy (non-hydrogen) atoms. The number of nitrogens with one attached hydrogen (secondary N) is 1. The third-order valence-corrected chi connectivity index (χ3v) is 3.78. The van der Waals surface area contributed by atoms with E-state index in [4.69, 9.17) is 4.74 Å². The Balaban J connectivity index is 2.08. The molecule has 0 saturated heterocycles. The fraction of sp³-hybridized carbons (Fsp3) is 0.263. The highest BCUT2D eigenvalue weighted by Crippen LogP contribution is 2.15. The van der Waals surface area contributed by atoms with E-state index in [9.17, 15) is 9.59 Å². The van der Waals surface area contributed by atoms with Crippen molar-refractivity contribution in [3.63, 3.8) is 0 Å². The molecular formula is C19H21NO3. The largest absolute Gasteiger partial charge is 0.467 e. The van der Waals surface area contributed by atoms with Gasteiger partial charge in [0.1, 0.15) is 6.04 Å². The molecule has 0 aliphatic carbocycles. The van der Waals surface area contributed by atoms with E-state index in [-0.39, 0.29) is 11.8 Å². The van der Waals surface area contributed by atoms with E-state index in [1.807, 2.05) is 67.6 Å². The summed E-state index contributed by atoms with van der Waals surface area (Å²) in [7, 11) is 1.33. The summed E-state index contributed by atoms with van der Waals surface area (Å²) >= 11 is 0. The maximum absolute atomic E-state index is 12.4. The lowest BCUT2D eigenvalue weighted by atomic mass is 9.99. The second-order valence-electron chi connectivity index (χ2n) is 5.41. The van der Waals surface area contributed by atoms with Crippen molar-refractivity contribution in [1.29, 1.82) is 0 Å². The molecule has 4 nitrogen and oxygen atoms in total. The number of hydrogen-bond donors (Lipinski definition) is 1. The van der Waals surface area contributed by atoms with E-state index >= 15 is 0 Å². The third-order valence-electron chi connectivity index (χ3n) is 3.78. The van der Waals surface area contributed by atoms with Crippen molar-refractivity contribution in [1.82, 2.24) is 5.32 Å². The Hall–Kier alpha value is -2.62. The SMILES string of the molecule is COC(=O)C(Cc1ccccc1)NC(=O)[C@H](C)c1ccccc1.